The molecule has 1 aromatic carbocycles. The summed E-state index contributed by atoms with van der Waals surface area (Å²) in [5, 5.41) is 11.3. The third-order valence-electron chi connectivity index (χ3n) is 4.70. The van der Waals surface area contributed by atoms with Gasteiger partial charge in [-0.3, -0.25) is 0 Å². The van der Waals surface area contributed by atoms with Crippen molar-refractivity contribution in [3.63, 3.8) is 0 Å². The summed E-state index contributed by atoms with van der Waals surface area (Å²) < 4.78 is 6.24. The Labute approximate surface area is 118 Å². The van der Waals surface area contributed by atoms with Gasteiger partial charge in [0.25, 0.3) is 0 Å². The Morgan fingerprint density at radius 3 is 2.63 bits per heavy atom. The maximum atomic E-state index is 10.6. The molecular formula is C15H20ClNO2. The van der Waals surface area contributed by atoms with E-state index in [1.165, 1.54) is 0 Å². The van der Waals surface area contributed by atoms with Crippen molar-refractivity contribution in [3.05, 3.63) is 27.8 Å². The maximum absolute atomic E-state index is 10.6. The van der Waals surface area contributed by atoms with E-state index in [-0.39, 0.29) is 11.6 Å². The first kappa shape index (κ1) is 13.2. The van der Waals surface area contributed by atoms with Crippen molar-refractivity contribution in [2.45, 2.75) is 57.3 Å². The SMILES string of the molecule is Cc1cc2c(c(C)c1Cl)C(O)C(N)C1(CCCC1)O2. The second-order valence-corrected chi connectivity index (χ2v) is 6.27. The number of hydrogen-bond acceptors (Lipinski definition) is 3. The summed E-state index contributed by atoms with van der Waals surface area (Å²) in [6, 6.07) is 1.56. The molecule has 1 heterocycles. The molecular weight excluding hydrogens is 262 g/mol. The average molecular weight is 282 g/mol. The summed E-state index contributed by atoms with van der Waals surface area (Å²) in [5.41, 5.74) is 8.51. The zero-order valence-corrected chi connectivity index (χ0v) is 12.1. The molecule has 4 heteroatoms. The third-order valence-corrected chi connectivity index (χ3v) is 5.28. The number of rotatable bonds is 0. The first-order chi connectivity index (χ1) is 8.96. The van der Waals surface area contributed by atoms with Crippen LogP contribution in [0.25, 0.3) is 0 Å². The van der Waals surface area contributed by atoms with Crippen LogP contribution in [-0.4, -0.2) is 16.7 Å². The van der Waals surface area contributed by atoms with Crippen molar-refractivity contribution in [2.75, 3.05) is 0 Å². The molecule has 0 aromatic heterocycles. The van der Waals surface area contributed by atoms with Crippen LogP contribution in [0.3, 0.4) is 0 Å². The standard InChI is InChI=1S/C15H20ClNO2/c1-8-7-10-11(9(2)12(8)16)13(18)14(17)15(19-10)5-3-4-6-15/h7,13-14,18H,3-6,17H2,1-2H3. The highest BCUT2D eigenvalue weighted by Crippen LogP contribution is 2.49. The molecule has 104 valence electrons. The van der Waals surface area contributed by atoms with E-state index in [1.807, 2.05) is 19.9 Å². The van der Waals surface area contributed by atoms with E-state index in [1.54, 1.807) is 0 Å². The highest BCUT2D eigenvalue weighted by molar-refractivity contribution is 6.32. The number of nitrogens with two attached hydrogens (primary N) is 1. The minimum absolute atomic E-state index is 0.375. The average Bonchev–Trinajstić information content (AvgIpc) is 2.83. The van der Waals surface area contributed by atoms with Crippen LogP contribution in [0.5, 0.6) is 5.75 Å². The minimum Gasteiger partial charge on any atom is -0.485 e. The molecule has 2 aliphatic rings. The second kappa shape index (κ2) is 4.37. The molecule has 1 aliphatic heterocycles. The van der Waals surface area contributed by atoms with Crippen molar-refractivity contribution in [1.29, 1.82) is 0 Å². The lowest BCUT2D eigenvalue weighted by Gasteiger charge is -2.44. The molecule has 1 saturated carbocycles. The summed E-state index contributed by atoms with van der Waals surface area (Å²) >= 11 is 6.27. The fraction of sp³-hybridized carbons (Fsp3) is 0.600. The highest BCUT2D eigenvalue weighted by Gasteiger charge is 2.49. The number of aliphatic hydroxyl groups is 1. The number of halogens is 1. The number of aryl methyl sites for hydroxylation is 1. The Morgan fingerprint density at radius 2 is 2.00 bits per heavy atom. The fourth-order valence-electron chi connectivity index (χ4n) is 3.55. The number of aliphatic hydroxyl groups excluding tert-OH is 1. The Balaban J connectivity index is 2.15. The number of fused-ring (bicyclic) bond motifs is 1. The molecule has 0 amide bonds. The zero-order valence-electron chi connectivity index (χ0n) is 11.4. The lowest BCUT2D eigenvalue weighted by atomic mass is 9.81. The van der Waals surface area contributed by atoms with Gasteiger partial charge in [0, 0.05) is 10.6 Å². The molecule has 2 unspecified atom stereocenters. The molecule has 1 aliphatic carbocycles. The molecule has 3 N–H and O–H groups in total. The lowest BCUT2D eigenvalue weighted by Crippen LogP contribution is -2.56. The number of hydrogen-bond donors (Lipinski definition) is 2. The Morgan fingerprint density at radius 1 is 1.37 bits per heavy atom. The highest BCUT2D eigenvalue weighted by atomic mass is 35.5. The van der Waals surface area contributed by atoms with Gasteiger partial charge in [0.1, 0.15) is 17.5 Å². The van der Waals surface area contributed by atoms with Gasteiger partial charge in [0.15, 0.2) is 0 Å². The van der Waals surface area contributed by atoms with Gasteiger partial charge in [0.2, 0.25) is 0 Å². The Kier molecular flexibility index (Phi) is 3.04. The molecule has 0 radical (unpaired) electrons. The van der Waals surface area contributed by atoms with Gasteiger partial charge in [-0.05, 0) is 56.7 Å². The molecule has 3 rings (SSSR count). The zero-order chi connectivity index (χ0) is 13.8. The van der Waals surface area contributed by atoms with E-state index < -0.39 is 6.10 Å². The molecule has 0 bridgehead atoms. The second-order valence-electron chi connectivity index (χ2n) is 5.89. The predicted octanol–water partition coefficient (Wildman–Crippen LogP) is 3.02. The lowest BCUT2D eigenvalue weighted by molar-refractivity contribution is -0.0319. The van der Waals surface area contributed by atoms with Crippen LogP contribution in [0.4, 0.5) is 0 Å². The van der Waals surface area contributed by atoms with Gasteiger partial charge in [-0.15, -0.1) is 0 Å². The summed E-state index contributed by atoms with van der Waals surface area (Å²) in [7, 11) is 0. The van der Waals surface area contributed by atoms with E-state index in [9.17, 15) is 5.11 Å². The van der Waals surface area contributed by atoms with E-state index in [2.05, 4.69) is 0 Å². The molecule has 1 spiro atoms. The van der Waals surface area contributed by atoms with Crippen LogP contribution in [0.2, 0.25) is 5.02 Å². The smallest absolute Gasteiger partial charge is 0.127 e. The van der Waals surface area contributed by atoms with Crippen LogP contribution in [0.15, 0.2) is 6.07 Å². The summed E-state index contributed by atoms with van der Waals surface area (Å²) in [6.45, 7) is 3.88. The topological polar surface area (TPSA) is 55.5 Å². The molecule has 19 heavy (non-hydrogen) atoms. The molecule has 1 aromatic rings. The number of benzene rings is 1. The molecule has 2 atom stereocenters. The summed E-state index contributed by atoms with van der Waals surface area (Å²) in [6.07, 6.45) is 3.37. The number of ether oxygens (including phenoxy) is 1. The van der Waals surface area contributed by atoms with E-state index >= 15 is 0 Å². The van der Waals surface area contributed by atoms with E-state index in [4.69, 9.17) is 22.1 Å². The van der Waals surface area contributed by atoms with Crippen LogP contribution in [0.1, 0.15) is 48.5 Å². The minimum atomic E-state index is -0.694. The van der Waals surface area contributed by atoms with E-state index in [0.29, 0.717) is 5.02 Å². The largest absolute Gasteiger partial charge is 0.485 e. The van der Waals surface area contributed by atoms with Gasteiger partial charge in [-0.1, -0.05) is 11.6 Å². The fourth-order valence-corrected chi connectivity index (χ4v) is 3.71. The molecule has 1 fully saturated rings. The van der Waals surface area contributed by atoms with Gasteiger partial charge in [0.05, 0.1) is 6.04 Å². The van der Waals surface area contributed by atoms with Crippen LogP contribution < -0.4 is 10.5 Å². The van der Waals surface area contributed by atoms with Crippen LogP contribution >= 0.6 is 11.6 Å². The predicted molar refractivity (Wildman–Crippen MR) is 75.7 cm³/mol. The van der Waals surface area contributed by atoms with Crippen molar-refractivity contribution in [2.24, 2.45) is 5.73 Å². The van der Waals surface area contributed by atoms with Crippen LogP contribution in [-0.2, 0) is 0 Å². The Hall–Kier alpha value is -0.770. The van der Waals surface area contributed by atoms with Gasteiger partial charge < -0.3 is 15.6 Å². The quantitative estimate of drug-likeness (QED) is 0.768. The first-order valence-corrected chi connectivity index (χ1v) is 7.26. The van der Waals surface area contributed by atoms with Crippen LogP contribution in [0, 0.1) is 13.8 Å². The van der Waals surface area contributed by atoms with Crippen molar-refractivity contribution in [3.8, 4) is 5.75 Å². The van der Waals surface area contributed by atoms with Crippen molar-refractivity contribution >= 4 is 11.6 Å². The Bertz CT molecular complexity index is 523. The third kappa shape index (κ3) is 1.79. The molecule has 3 nitrogen and oxygen atoms in total. The monoisotopic (exact) mass is 281 g/mol. The van der Waals surface area contributed by atoms with Gasteiger partial charge in [-0.25, -0.2) is 0 Å². The first-order valence-electron chi connectivity index (χ1n) is 6.88. The van der Waals surface area contributed by atoms with Crippen molar-refractivity contribution < 1.29 is 9.84 Å². The van der Waals surface area contributed by atoms with Gasteiger partial charge >= 0.3 is 0 Å². The normalized spacial score (nSPS) is 28.3. The van der Waals surface area contributed by atoms with E-state index in [0.717, 1.165) is 48.1 Å². The maximum Gasteiger partial charge on any atom is 0.127 e. The van der Waals surface area contributed by atoms with Gasteiger partial charge in [-0.2, -0.15) is 0 Å². The van der Waals surface area contributed by atoms with Crippen molar-refractivity contribution in [1.82, 2.24) is 0 Å². The summed E-state index contributed by atoms with van der Waals surface area (Å²) in [4.78, 5) is 0. The summed E-state index contributed by atoms with van der Waals surface area (Å²) in [5.74, 6) is 0.760. The molecule has 0 saturated heterocycles.